The van der Waals surface area contributed by atoms with Crippen molar-refractivity contribution < 1.29 is 4.74 Å². The van der Waals surface area contributed by atoms with Gasteiger partial charge in [-0.15, -0.1) is 0 Å². The molecule has 0 saturated carbocycles. The number of halogens is 27. The summed E-state index contributed by atoms with van der Waals surface area (Å²) in [6.45, 7) is 60.8. The van der Waals surface area contributed by atoms with Crippen LogP contribution in [0.5, 0.6) is 0 Å². The Morgan fingerprint density at radius 1 is 0.375 bits per heavy atom. The van der Waals surface area contributed by atoms with Crippen LogP contribution in [0.15, 0.2) is 0 Å². The highest BCUT2D eigenvalue weighted by Crippen LogP contribution is 2.43. The average Bonchev–Trinajstić information content (AvgIpc) is 0.831. The summed E-state index contributed by atoms with van der Waals surface area (Å²) in [7, 11) is 2.20. The number of piperidine rings is 1. The Bertz CT molecular complexity index is 1970. The van der Waals surface area contributed by atoms with Gasteiger partial charge in [0.15, 0.2) is 0 Å². The number of thioether (sulfide) groups is 1. The lowest BCUT2D eigenvalue weighted by Gasteiger charge is -2.43. The van der Waals surface area contributed by atoms with Crippen LogP contribution < -0.4 is 0 Å². The minimum atomic E-state index is -1.21. The third-order valence-electron chi connectivity index (χ3n) is 15.7. The fourth-order valence-corrected chi connectivity index (χ4v) is 72.7. The average molecular weight is 4660 g/mol. The Balaban J connectivity index is -0.000000354. The van der Waals surface area contributed by atoms with Crippen LogP contribution >= 0.6 is 600 Å². The van der Waals surface area contributed by atoms with Crippen LogP contribution in [0.2, 0.25) is 0 Å². The van der Waals surface area contributed by atoms with Gasteiger partial charge in [0.2, 0.25) is 0 Å². The summed E-state index contributed by atoms with van der Waals surface area (Å²) >= 11 is 73.1. The third-order valence-corrected chi connectivity index (χ3v) is 80.0. The van der Waals surface area contributed by atoms with E-state index in [1.54, 1.807) is 0 Å². The van der Waals surface area contributed by atoms with E-state index in [9.17, 15) is 0 Å². The topological polar surface area (TPSA) is 41.6 Å². The molecule has 634 valence electrons. The molecular weight excluding hydrogens is 4540 g/mol. The van der Waals surface area contributed by atoms with E-state index in [1.165, 1.54) is 161 Å². The van der Waals surface area contributed by atoms with E-state index in [2.05, 4.69) is 778 Å². The van der Waals surface area contributed by atoms with Crippen LogP contribution in [0.3, 0.4) is 0 Å². The number of hydrogen-bond acceptors (Lipinski definition) is 12. The second kappa shape index (κ2) is 73.8. The number of ether oxygens (including phenoxy) is 1. The molecule has 4 fully saturated rings. The highest BCUT2D eigenvalue weighted by atomic mass is 127. The molecule has 0 N–H and O–H groups in total. The summed E-state index contributed by atoms with van der Waals surface area (Å²) < 4.78 is 19.2. The molecule has 4 aliphatic rings. The van der Waals surface area contributed by atoms with Gasteiger partial charge in [0.1, 0.15) is 0 Å². The van der Waals surface area contributed by atoms with Crippen LogP contribution in [0, 0.1) is 11.8 Å². The van der Waals surface area contributed by atoms with E-state index in [-0.39, 0.29) is 0 Å². The van der Waals surface area contributed by atoms with Crippen molar-refractivity contribution in [1.82, 2.24) is 46.0 Å². The van der Waals surface area contributed by atoms with Crippen molar-refractivity contribution in [3.63, 3.8) is 0 Å². The summed E-state index contributed by atoms with van der Waals surface area (Å²) in [6.07, 6.45) is 14.6. The third kappa shape index (κ3) is 74.8. The highest BCUT2D eigenvalue weighted by molar-refractivity contribution is 14.4. The fourth-order valence-electron chi connectivity index (χ4n) is 10.3. The quantitative estimate of drug-likeness (QED) is 0.0407. The molecular formula is C56H123I27N10OSSi9. The zero-order valence-electron chi connectivity index (χ0n) is 64.1. The number of likely N-dealkylation sites (N-methyl/N-ethyl adjacent to an activating group) is 1. The van der Waals surface area contributed by atoms with E-state index in [1.807, 2.05) is 0 Å². The van der Waals surface area contributed by atoms with Crippen molar-refractivity contribution in [2.75, 3.05) is 123 Å². The number of piperazine rings is 1. The Kier molecular flexibility index (Phi) is 95.1. The number of unbranched alkanes of at least 4 members (excludes halogenated alkanes) is 2. The van der Waals surface area contributed by atoms with Gasteiger partial charge in [-0.3, -0.25) is 32.0 Å². The maximum absolute atomic E-state index is 5.27. The van der Waals surface area contributed by atoms with Gasteiger partial charge >= 0.3 is 6.53 Å². The molecule has 4 rings (SSSR count). The molecule has 0 aliphatic carbocycles. The molecule has 0 aromatic heterocycles. The second-order valence-corrected chi connectivity index (χ2v) is 335. The normalized spacial score (nSPS) is 19.1. The largest absolute Gasteiger partial charge is 0.379 e. The molecule has 0 spiro atoms. The molecule has 104 heavy (non-hydrogen) atoms. The Labute approximate surface area is 998 Å². The fraction of sp³-hybridized carbons (Fsp3) is 1.00. The van der Waals surface area contributed by atoms with E-state index in [0.717, 1.165) is 62.3 Å². The number of rotatable bonds is 29. The maximum Gasteiger partial charge on any atom is 0.329 e. The van der Waals surface area contributed by atoms with E-state index in [0.29, 0.717) is 12.1 Å². The second-order valence-electron chi connectivity index (χ2n) is 26.6. The molecule has 0 radical (unpaired) electrons. The van der Waals surface area contributed by atoms with Crippen molar-refractivity contribution >= 4 is 607 Å². The van der Waals surface area contributed by atoms with E-state index >= 15 is 0 Å². The Morgan fingerprint density at radius 3 is 0.894 bits per heavy atom. The van der Waals surface area contributed by atoms with Crippen LogP contribution in [0.25, 0.3) is 0 Å². The molecule has 48 heteroatoms. The zero-order chi connectivity index (χ0) is 82.8. The molecule has 0 amide bonds. The molecule has 0 aromatic carbocycles. The summed E-state index contributed by atoms with van der Waals surface area (Å²) in [5, 5.41) is 0. The molecule has 11 nitrogen and oxygen atoms in total. The van der Waals surface area contributed by atoms with E-state index in [4.69, 9.17) is 4.74 Å². The summed E-state index contributed by atoms with van der Waals surface area (Å²) in [5.74, 6) is 4.24. The van der Waals surface area contributed by atoms with Gasteiger partial charge < -0.3 is 18.8 Å². The number of hydrogen-bond donors (Lipinski definition) is 0. The van der Waals surface area contributed by atoms with Gasteiger partial charge in [0.05, 0.1) is 13.2 Å². The first-order chi connectivity index (χ1) is 47.0. The lowest BCUT2D eigenvalue weighted by Crippen LogP contribution is -2.52. The SMILES string of the molecule is CC(C)CN(CC(C)C)[Si](I)(I)I.CC(C)N(C(C)C)[Si](I)(I)I.CC1CCCC(C)N1[Si](I)(I)I.CCC(C)N(C(C)CC)[Si](I)(I)I.CCCCN(CCCC)[Si](I)(I)I.CCCN(CCC)[Si](I)(I)I.CN1CCN([Si](I)(I)I)CC1.I[Si](I)(I)N1CCOCC1.I[Si](I)(I)N1CCSCC1. The minimum Gasteiger partial charge on any atom is -0.379 e. The molecule has 0 aromatic rings. The lowest BCUT2D eigenvalue weighted by molar-refractivity contribution is 0.0732. The van der Waals surface area contributed by atoms with E-state index < -0.39 is 6.53 Å². The summed E-state index contributed by atoms with van der Waals surface area (Å²) in [6, 6.07) is 4.43. The summed E-state index contributed by atoms with van der Waals surface area (Å²) in [5.41, 5.74) is 0. The molecule has 4 saturated heterocycles. The first-order valence-electron chi connectivity index (χ1n) is 35.3. The highest BCUT2D eigenvalue weighted by Gasteiger charge is 2.42. The zero-order valence-corrected chi connectivity index (χ0v) is 132. The van der Waals surface area contributed by atoms with Crippen LogP contribution in [-0.4, -0.2) is 212 Å². The van der Waals surface area contributed by atoms with Crippen molar-refractivity contribution in [2.24, 2.45) is 11.8 Å². The monoisotopic (exact) mass is 4660 g/mol. The van der Waals surface area contributed by atoms with Gasteiger partial charge in [-0.25, -0.2) is 0 Å². The van der Waals surface area contributed by atoms with Crippen molar-refractivity contribution in [3.05, 3.63) is 0 Å². The molecule has 0 bridgehead atoms. The first kappa shape index (κ1) is 134. The van der Waals surface area contributed by atoms with Gasteiger partial charge in [0, 0.05) is 88.0 Å². The van der Waals surface area contributed by atoms with Crippen molar-refractivity contribution in [2.45, 2.75) is 232 Å². The van der Waals surface area contributed by atoms with Gasteiger partial charge in [0.25, 0.3) is 0 Å². The van der Waals surface area contributed by atoms with Gasteiger partial charge in [-0.2, -0.15) is 11.8 Å². The van der Waals surface area contributed by atoms with Crippen LogP contribution in [0.1, 0.15) is 195 Å². The molecule has 4 aliphatic heterocycles. The first-order valence-corrected chi connectivity index (χ1v) is 138. The Morgan fingerprint density at radius 2 is 0.683 bits per heavy atom. The van der Waals surface area contributed by atoms with Crippen LogP contribution in [-0.2, 0) is 4.74 Å². The van der Waals surface area contributed by atoms with Crippen molar-refractivity contribution in [1.29, 1.82) is 0 Å². The Hall–Kier alpha value is 21.6. The summed E-state index contributed by atoms with van der Waals surface area (Å²) in [4.78, 5) is 2.40. The van der Waals surface area contributed by atoms with Gasteiger partial charge in [-0.05, 0) is 122 Å². The predicted molar refractivity (Wildman–Crippen MR) is 734 cm³/mol. The molecule has 4 unspecified atom stereocenters. The lowest BCUT2D eigenvalue weighted by atomic mass is 10.0. The molecule has 4 atom stereocenters. The predicted octanol–water partition coefficient (Wildman–Crippen LogP) is 32.1. The molecule has 4 heterocycles. The maximum atomic E-state index is 5.27. The minimum absolute atomic E-state index is 0.673. The smallest absolute Gasteiger partial charge is 0.329 e. The number of nitrogens with zero attached hydrogens (tertiary/aromatic N) is 10. The number of morpholine rings is 1. The van der Waals surface area contributed by atoms with Crippen LogP contribution in [0.4, 0.5) is 0 Å². The van der Waals surface area contributed by atoms with Gasteiger partial charge in [-0.1, -0.05) is 732 Å². The van der Waals surface area contributed by atoms with Crippen molar-refractivity contribution in [3.8, 4) is 0 Å². The standard InChI is InChI=1S/3C8H18I3NSi.C7H14I3NSi.2C6H14I3NSi.C5H11I3N2Si.C4H8I3NOSi.C4H8I3NSSi/c1-7(2)5-12(6-8(3)4)13(9,10)11;1-5-7(3)12(8(4)6-2)13(9,10)11;1-3-5-7-12(8-6-4-2)13(9,10)11;1-6-4-3-5-7(2)11(6)12(8,9)10;1-5(2)10(6(3)4)11(7,8)9;1-3-5-10(6-4-2)11(7,8)9;1-9-2-4-10(5-3-9)11(6,7)8;2*5-10(6,7)8-1-3-9-4-2-8/h2*7-8H,5-6H2,1-4H3;3-8H2,1-2H3;6-7H,3-5H2,1-2H3;5-6H,1-4H3;3-6H2,1-2H3;2-5H2,1H3;2*1-4H2.